The highest BCUT2D eigenvalue weighted by Gasteiger charge is 2.29. The number of phenolic OH excluding ortho intramolecular Hbond substituents is 1. The number of urea groups is 1. The Balaban J connectivity index is 2.07. The molecule has 1 aromatic carbocycles. The number of aliphatic carboxylic acids is 2. The van der Waals surface area contributed by atoms with Gasteiger partial charge in [0.15, 0.2) is 0 Å². The highest BCUT2D eigenvalue weighted by atomic mass is 16.4. The minimum absolute atomic E-state index is 0.00776. The van der Waals surface area contributed by atoms with Crippen LogP contribution >= 0.6 is 0 Å². The van der Waals surface area contributed by atoms with E-state index in [-0.39, 0.29) is 49.7 Å². The van der Waals surface area contributed by atoms with Crippen molar-refractivity contribution < 1.29 is 34.5 Å². The Labute approximate surface area is 204 Å². The van der Waals surface area contributed by atoms with Crippen LogP contribution in [0.5, 0.6) is 5.75 Å². The third-order valence-corrected chi connectivity index (χ3v) is 5.93. The van der Waals surface area contributed by atoms with E-state index in [1.54, 1.807) is 12.1 Å². The molecule has 35 heavy (non-hydrogen) atoms. The van der Waals surface area contributed by atoms with Crippen molar-refractivity contribution in [1.82, 2.24) is 20.9 Å². The zero-order valence-electron chi connectivity index (χ0n) is 20.2. The maximum atomic E-state index is 13.0. The van der Waals surface area contributed by atoms with Gasteiger partial charge in [0.1, 0.15) is 11.8 Å². The smallest absolute Gasteiger partial charge is 0.326 e. The number of carbonyl (C=O) groups is 4. The van der Waals surface area contributed by atoms with Crippen molar-refractivity contribution in [3.63, 3.8) is 0 Å². The minimum atomic E-state index is -1.25. The van der Waals surface area contributed by atoms with E-state index in [2.05, 4.69) is 16.0 Å². The van der Waals surface area contributed by atoms with Crippen molar-refractivity contribution >= 4 is 23.9 Å². The van der Waals surface area contributed by atoms with Crippen molar-refractivity contribution in [3.8, 4) is 5.75 Å². The van der Waals surface area contributed by atoms with Crippen molar-refractivity contribution in [2.24, 2.45) is 11.8 Å². The van der Waals surface area contributed by atoms with Crippen LogP contribution in [-0.2, 0) is 20.8 Å². The molecule has 0 unspecified atom stereocenters. The second-order valence-electron chi connectivity index (χ2n) is 9.27. The Bertz CT molecular complexity index is 869. The first kappa shape index (κ1) is 27.9. The summed E-state index contributed by atoms with van der Waals surface area (Å²) in [7, 11) is 0. The van der Waals surface area contributed by atoms with Gasteiger partial charge in [-0.1, -0.05) is 26.0 Å². The topological polar surface area (TPSA) is 168 Å². The number of carbonyl (C=O) groups excluding carboxylic acids is 2. The van der Waals surface area contributed by atoms with Crippen molar-refractivity contribution in [2.45, 2.75) is 51.6 Å². The number of hydrogen-bond acceptors (Lipinski definition) is 6. The predicted octanol–water partition coefficient (Wildman–Crippen LogP) is 1.01. The summed E-state index contributed by atoms with van der Waals surface area (Å²) in [6, 6.07) is 3.71. The van der Waals surface area contributed by atoms with Gasteiger partial charge in [-0.2, -0.15) is 0 Å². The van der Waals surface area contributed by atoms with Gasteiger partial charge in [-0.3, -0.25) is 9.59 Å². The van der Waals surface area contributed by atoms with Gasteiger partial charge in [-0.25, -0.2) is 9.59 Å². The van der Waals surface area contributed by atoms with Crippen LogP contribution in [0.15, 0.2) is 24.3 Å². The number of nitrogens with zero attached hydrogens (tertiary/aromatic N) is 1. The average molecular weight is 493 g/mol. The second-order valence-corrected chi connectivity index (χ2v) is 9.27. The Morgan fingerprint density at radius 3 is 2.34 bits per heavy atom. The lowest BCUT2D eigenvalue weighted by atomic mass is 10.1. The summed E-state index contributed by atoms with van der Waals surface area (Å²) in [6.07, 6.45) is 2.14. The van der Waals surface area contributed by atoms with E-state index in [0.717, 1.165) is 13.0 Å². The number of aromatic hydroxyl groups is 1. The number of benzene rings is 1. The summed E-state index contributed by atoms with van der Waals surface area (Å²) >= 11 is 0. The lowest BCUT2D eigenvalue weighted by Crippen LogP contribution is -2.52. The molecule has 0 radical (unpaired) electrons. The van der Waals surface area contributed by atoms with E-state index in [4.69, 9.17) is 0 Å². The fraction of sp³-hybridized carbons (Fsp3) is 0.583. The fourth-order valence-corrected chi connectivity index (χ4v) is 3.75. The summed E-state index contributed by atoms with van der Waals surface area (Å²) in [5.74, 6) is -3.45. The molecular weight excluding hydrogens is 456 g/mol. The van der Waals surface area contributed by atoms with Crippen LogP contribution in [-0.4, -0.2) is 82.4 Å². The quantitative estimate of drug-likeness (QED) is 0.237. The number of nitrogens with one attached hydrogen (secondary N) is 3. The van der Waals surface area contributed by atoms with E-state index < -0.39 is 29.9 Å². The second kappa shape index (κ2) is 13.5. The van der Waals surface area contributed by atoms with Gasteiger partial charge in [0.05, 0.1) is 12.0 Å². The molecule has 1 fully saturated rings. The molecule has 0 bridgehead atoms. The zero-order chi connectivity index (χ0) is 26.0. The Morgan fingerprint density at radius 1 is 1.11 bits per heavy atom. The predicted molar refractivity (Wildman–Crippen MR) is 128 cm³/mol. The number of phenols is 1. The molecule has 2 rings (SSSR count). The molecule has 0 aliphatic carbocycles. The van der Waals surface area contributed by atoms with Crippen LogP contribution in [0.1, 0.15) is 38.7 Å². The van der Waals surface area contributed by atoms with Gasteiger partial charge < -0.3 is 36.2 Å². The molecule has 1 saturated heterocycles. The highest BCUT2D eigenvalue weighted by molar-refractivity contribution is 5.84. The van der Waals surface area contributed by atoms with Crippen LogP contribution < -0.4 is 16.0 Å². The molecule has 1 aromatic rings. The summed E-state index contributed by atoms with van der Waals surface area (Å²) in [5.41, 5.74) is 0.607. The molecule has 1 aliphatic heterocycles. The zero-order valence-corrected chi connectivity index (χ0v) is 20.2. The molecule has 0 spiro atoms. The van der Waals surface area contributed by atoms with E-state index >= 15 is 0 Å². The monoisotopic (exact) mass is 492 g/mol. The van der Waals surface area contributed by atoms with Crippen LogP contribution in [0.25, 0.3) is 0 Å². The van der Waals surface area contributed by atoms with Gasteiger partial charge >= 0.3 is 18.0 Å². The van der Waals surface area contributed by atoms with Crippen molar-refractivity contribution in [3.05, 3.63) is 29.8 Å². The number of carboxylic acids is 2. The maximum Gasteiger partial charge on any atom is 0.326 e. The molecule has 1 heterocycles. The van der Waals surface area contributed by atoms with Crippen LogP contribution in [0.2, 0.25) is 0 Å². The summed E-state index contributed by atoms with van der Waals surface area (Å²) in [5, 5.41) is 37.0. The molecular formula is C24H36N4O7. The third kappa shape index (κ3) is 9.44. The lowest BCUT2D eigenvalue weighted by Gasteiger charge is -2.28. The number of carboxylic acid groups (broad SMARTS) is 2. The number of amides is 3. The number of hydrogen-bond donors (Lipinski definition) is 6. The maximum absolute atomic E-state index is 13.0. The van der Waals surface area contributed by atoms with Crippen molar-refractivity contribution in [2.75, 3.05) is 26.2 Å². The first-order valence-electron chi connectivity index (χ1n) is 11.9. The molecule has 194 valence electrons. The largest absolute Gasteiger partial charge is 0.508 e. The standard InChI is InChI=1S/C24H36N4O7/c1-15(2)9-11-28(14-17(22(31)32)13-26-21(30)19-4-3-10-25-19)24(35)27-20(23(33)34)12-16-5-7-18(29)8-6-16/h5-8,15,17,19-20,25,29H,3-4,9-14H2,1-2H3,(H,26,30)(H,27,35)(H,31,32)(H,33,34)/t17-,19+,20+/m1/s1. The normalized spacial score (nSPS) is 16.9. The Hall–Kier alpha value is -3.34. The van der Waals surface area contributed by atoms with E-state index in [9.17, 15) is 34.5 Å². The average Bonchev–Trinajstić information content (AvgIpc) is 3.34. The van der Waals surface area contributed by atoms with Gasteiger partial charge in [-0.05, 0) is 49.4 Å². The molecule has 3 amide bonds. The van der Waals surface area contributed by atoms with Crippen molar-refractivity contribution in [1.29, 1.82) is 0 Å². The fourth-order valence-electron chi connectivity index (χ4n) is 3.75. The number of rotatable bonds is 13. The van der Waals surface area contributed by atoms with Crippen LogP contribution in [0.3, 0.4) is 0 Å². The Kier molecular flexibility index (Phi) is 10.8. The van der Waals surface area contributed by atoms with Gasteiger partial charge in [0.2, 0.25) is 5.91 Å². The SMILES string of the molecule is CC(C)CCN(C[C@@H](CNC(=O)[C@@H]1CCCN1)C(=O)O)C(=O)N[C@@H](Cc1ccc(O)cc1)C(=O)O. The highest BCUT2D eigenvalue weighted by Crippen LogP contribution is 2.13. The third-order valence-electron chi connectivity index (χ3n) is 5.93. The van der Waals surface area contributed by atoms with Gasteiger partial charge in [-0.15, -0.1) is 0 Å². The first-order valence-corrected chi connectivity index (χ1v) is 11.9. The molecule has 11 heteroatoms. The summed E-state index contributed by atoms with van der Waals surface area (Å²) in [4.78, 5) is 50.3. The first-order chi connectivity index (χ1) is 16.6. The molecule has 0 saturated carbocycles. The van der Waals surface area contributed by atoms with Crippen LogP contribution in [0.4, 0.5) is 4.79 Å². The molecule has 1 aliphatic rings. The van der Waals surface area contributed by atoms with Gasteiger partial charge in [0.25, 0.3) is 0 Å². The van der Waals surface area contributed by atoms with E-state index in [1.165, 1.54) is 17.0 Å². The summed E-state index contributed by atoms with van der Waals surface area (Å²) in [6.45, 7) is 4.57. The van der Waals surface area contributed by atoms with E-state index in [0.29, 0.717) is 18.4 Å². The summed E-state index contributed by atoms with van der Waals surface area (Å²) < 4.78 is 0. The van der Waals surface area contributed by atoms with E-state index in [1.807, 2.05) is 13.8 Å². The molecule has 3 atom stereocenters. The minimum Gasteiger partial charge on any atom is -0.508 e. The molecule has 0 aromatic heterocycles. The van der Waals surface area contributed by atoms with Gasteiger partial charge in [0, 0.05) is 26.1 Å². The lowest BCUT2D eigenvalue weighted by molar-refractivity contribution is -0.142. The Morgan fingerprint density at radius 2 is 1.80 bits per heavy atom. The van der Waals surface area contributed by atoms with Crippen LogP contribution in [0, 0.1) is 11.8 Å². The molecule has 6 N–H and O–H groups in total. The molecule has 11 nitrogen and oxygen atoms in total.